The minimum atomic E-state index is -0.144. The van der Waals surface area contributed by atoms with Crippen molar-refractivity contribution in [2.45, 2.75) is 46.1 Å². The van der Waals surface area contributed by atoms with Crippen LogP contribution in [-0.2, 0) is 6.42 Å². The van der Waals surface area contributed by atoms with E-state index in [1.807, 2.05) is 16.6 Å². The molecule has 1 aliphatic heterocycles. The highest BCUT2D eigenvalue weighted by molar-refractivity contribution is 7.80. The van der Waals surface area contributed by atoms with E-state index in [9.17, 15) is 0 Å². The Morgan fingerprint density at radius 3 is 2.63 bits per heavy atom. The molecule has 1 aromatic heterocycles. The molecule has 2 heterocycles. The molecule has 0 aliphatic carbocycles. The second-order valence-electron chi connectivity index (χ2n) is 5.26. The predicted molar refractivity (Wildman–Crippen MR) is 83.2 cm³/mol. The van der Waals surface area contributed by atoms with Crippen molar-refractivity contribution < 1.29 is 0 Å². The van der Waals surface area contributed by atoms with Gasteiger partial charge in [-0.25, -0.2) is 9.69 Å². The van der Waals surface area contributed by atoms with Crippen LogP contribution in [0.25, 0.3) is 0 Å². The minimum Gasteiger partial charge on any atom is -0.352 e. The van der Waals surface area contributed by atoms with Crippen LogP contribution in [0.4, 0.5) is 0 Å². The zero-order valence-electron chi connectivity index (χ0n) is 11.6. The van der Waals surface area contributed by atoms with Gasteiger partial charge in [0, 0.05) is 12.1 Å². The Morgan fingerprint density at radius 2 is 2.05 bits per heavy atom. The number of hydrogen-bond acceptors (Lipinski definition) is 3. The van der Waals surface area contributed by atoms with Crippen LogP contribution in [-0.4, -0.2) is 25.5 Å². The minimum absolute atomic E-state index is 0.144. The first-order valence-electron chi connectivity index (χ1n) is 6.34. The van der Waals surface area contributed by atoms with Gasteiger partial charge in [0.25, 0.3) is 0 Å². The monoisotopic (exact) mass is 297 g/mol. The molecule has 0 amide bonds. The summed E-state index contributed by atoms with van der Waals surface area (Å²) in [5.74, 6) is 0.893. The lowest BCUT2D eigenvalue weighted by Crippen LogP contribution is -2.57. The highest BCUT2D eigenvalue weighted by atomic mass is 32.1. The molecule has 0 fully saturated rings. The first kappa shape index (κ1) is 14.2. The molecule has 7 heteroatoms. The lowest BCUT2D eigenvalue weighted by molar-refractivity contribution is 0.536. The van der Waals surface area contributed by atoms with Crippen LogP contribution in [0.2, 0.25) is 0 Å². The number of aromatic amines is 1. The number of thiocarbonyl (C=S) groups is 1. The van der Waals surface area contributed by atoms with Crippen molar-refractivity contribution in [3.05, 3.63) is 22.4 Å². The summed E-state index contributed by atoms with van der Waals surface area (Å²) in [6, 6.07) is 0. The fourth-order valence-electron chi connectivity index (χ4n) is 2.27. The molecule has 1 aromatic rings. The predicted octanol–water partition coefficient (Wildman–Crippen LogP) is 2.40. The van der Waals surface area contributed by atoms with E-state index < -0.39 is 0 Å². The van der Waals surface area contributed by atoms with Crippen molar-refractivity contribution in [3.63, 3.8) is 0 Å². The van der Waals surface area contributed by atoms with Gasteiger partial charge < -0.3 is 5.32 Å². The summed E-state index contributed by atoms with van der Waals surface area (Å²) in [5, 5.41) is 12.9. The third-order valence-corrected chi connectivity index (χ3v) is 3.46. The first-order valence-corrected chi connectivity index (χ1v) is 7.15. The summed E-state index contributed by atoms with van der Waals surface area (Å²) in [5.41, 5.74) is 0.901. The Bertz CT molecular complexity index is 581. The second-order valence-corrected chi connectivity index (χ2v) is 6.03. The van der Waals surface area contributed by atoms with Gasteiger partial charge in [0.05, 0.1) is 5.54 Å². The van der Waals surface area contributed by atoms with E-state index >= 15 is 0 Å². The number of nitrogens with zero attached hydrogens (tertiary/aromatic N) is 3. The number of H-pyrrole nitrogens is 1. The van der Waals surface area contributed by atoms with Gasteiger partial charge in [-0.3, -0.25) is 5.10 Å². The van der Waals surface area contributed by atoms with Gasteiger partial charge >= 0.3 is 0 Å². The Kier molecular flexibility index (Phi) is 3.78. The Labute approximate surface area is 123 Å². The molecule has 2 rings (SSSR count). The molecule has 104 valence electrons. The molecule has 0 unspecified atom stereocenters. The topological polar surface area (TPSA) is 48.9 Å². The number of aromatic nitrogens is 3. The standard InChI is InChI=1S/C12H19N5S2/c1-5-6-9-14-15-11(19)17(9)16-8(2)7-12(3,4)13-10(16)18/h7H,5-6H2,1-4H3,(H,13,18)(H,15,19). The molecule has 5 nitrogen and oxygen atoms in total. The van der Waals surface area contributed by atoms with Crippen molar-refractivity contribution in [1.82, 2.24) is 20.2 Å². The lowest BCUT2D eigenvalue weighted by Gasteiger charge is -2.38. The van der Waals surface area contributed by atoms with Crippen molar-refractivity contribution in [3.8, 4) is 0 Å². The largest absolute Gasteiger partial charge is 0.352 e. The van der Waals surface area contributed by atoms with Crippen LogP contribution >= 0.6 is 24.4 Å². The third-order valence-electron chi connectivity index (χ3n) is 2.92. The van der Waals surface area contributed by atoms with Gasteiger partial charge in [-0.05, 0) is 57.7 Å². The highest BCUT2D eigenvalue weighted by Crippen LogP contribution is 2.19. The molecular weight excluding hydrogens is 278 g/mol. The number of rotatable bonds is 3. The zero-order chi connectivity index (χ0) is 14.2. The molecule has 19 heavy (non-hydrogen) atoms. The van der Waals surface area contributed by atoms with Crippen LogP contribution in [0.1, 0.15) is 39.9 Å². The lowest BCUT2D eigenvalue weighted by atomic mass is 10.0. The summed E-state index contributed by atoms with van der Waals surface area (Å²) < 4.78 is 2.43. The molecule has 0 spiro atoms. The summed E-state index contributed by atoms with van der Waals surface area (Å²) in [7, 11) is 0. The second kappa shape index (κ2) is 5.05. The Hall–Kier alpha value is -1.21. The van der Waals surface area contributed by atoms with Crippen LogP contribution in [0.15, 0.2) is 11.8 Å². The SMILES string of the molecule is CCCc1n[nH]c(=S)n1N1C(=S)NC(C)(C)C=C1C. The molecule has 0 saturated carbocycles. The van der Waals surface area contributed by atoms with E-state index in [2.05, 4.69) is 42.4 Å². The third kappa shape index (κ3) is 2.71. The average Bonchev–Trinajstić information content (AvgIpc) is 2.59. The number of aryl methyl sites for hydroxylation is 1. The van der Waals surface area contributed by atoms with E-state index in [0.29, 0.717) is 9.88 Å². The number of allylic oxidation sites excluding steroid dienone is 1. The average molecular weight is 297 g/mol. The van der Waals surface area contributed by atoms with Crippen LogP contribution in [0.5, 0.6) is 0 Å². The fourth-order valence-corrected chi connectivity index (χ4v) is 2.99. The van der Waals surface area contributed by atoms with E-state index in [-0.39, 0.29) is 5.54 Å². The first-order chi connectivity index (χ1) is 8.85. The van der Waals surface area contributed by atoms with Gasteiger partial charge in [0.15, 0.2) is 10.9 Å². The maximum atomic E-state index is 5.47. The molecule has 2 N–H and O–H groups in total. The van der Waals surface area contributed by atoms with Crippen molar-refractivity contribution in [2.24, 2.45) is 0 Å². The van der Waals surface area contributed by atoms with E-state index in [4.69, 9.17) is 24.4 Å². The fraction of sp³-hybridized carbons (Fsp3) is 0.583. The molecule has 0 radical (unpaired) electrons. The summed E-state index contributed by atoms with van der Waals surface area (Å²) in [6.45, 7) is 8.31. The quantitative estimate of drug-likeness (QED) is 0.839. The molecule has 0 bridgehead atoms. The van der Waals surface area contributed by atoms with Crippen LogP contribution in [0, 0.1) is 4.77 Å². The number of hydrogen-bond donors (Lipinski definition) is 2. The van der Waals surface area contributed by atoms with E-state index in [0.717, 1.165) is 24.4 Å². The Morgan fingerprint density at radius 1 is 1.37 bits per heavy atom. The maximum absolute atomic E-state index is 5.47. The van der Waals surface area contributed by atoms with Crippen molar-refractivity contribution in [2.75, 3.05) is 5.01 Å². The maximum Gasteiger partial charge on any atom is 0.215 e. The van der Waals surface area contributed by atoms with Crippen molar-refractivity contribution in [1.29, 1.82) is 0 Å². The highest BCUT2D eigenvalue weighted by Gasteiger charge is 2.29. The van der Waals surface area contributed by atoms with Crippen molar-refractivity contribution >= 4 is 29.5 Å². The molecule has 0 aromatic carbocycles. The van der Waals surface area contributed by atoms with Crippen LogP contribution < -0.4 is 10.3 Å². The summed E-state index contributed by atoms with van der Waals surface area (Å²) in [4.78, 5) is 0. The van der Waals surface area contributed by atoms with E-state index in [1.165, 1.54) is 0 Å². The van der Waals surface area contributed by atoms with E-state index in [1.54, 1.807) is 0 Å². The molecule has 1 aliphatic rings. The van der Waals surface area contributed by atoms with Gasteiger partial charge in [-0.2, -0.15) is 5.10 Å². The molecular formula is C12H19N5S2. The number of nitrogens with one attached hydrogen (secondary N) is 2. The molecule has 0 saturated heterocycles. The zero-order valence-corrected chi connectivity index (χ0v) is 13.3. The summed E-state index contributed by atoms with van der Waals surface area (Å²) >= 11 is 10.8. The summed E-state index contributed by atoms with van der Waals surface area (Å²) in [6.07, 6.45) is 3.98. The van der Waals surface area contributed by atoms with Crippen LogP contribution in [0.3, 0.4) is 0 Å². The van der Waals surface area contributed by atoms with Gasteiger partial charge in [-0.1, -0.05) is 6.92 Å². The normalized spacial score (nSPS) is 18.2. The van der Waals surface area contributed by atoms with Gasteiger partial charge in [0.1, 0.15) is 0 Å². The smallest absolute Gasteiger partial charge is 0.215 e. The Balaban J connectivity index is 2.50. The molecule has 0 atom stereocenters. The van der Waals surface area contributed by atoms with Gasteiger partial charge in [0.2, 0.25) is 4.77 Å². The van der Waals surface area contributed by atoms with Gasteiger partial charge in [-0.15, -0.1) is 0 Å².